The summed E-state index contributed by atoms with van der Waals surface area (Å²) in [5, 5.41) is 8.78. The van der Waals surface area contributed by atoms with Gasteiger partial charge < -0.3 is 9.47 Å². The van der Waals surface area contributed by atoms with Gasteiger partial charge in [0.25, 0.3) is 0 Å². The van der Waals surface area contributed by atoms with Crippen LogP contribution in [0.3, 0.4) is 0 Å². The molecule has 1 saturated heterocycles. The molecule has 0 amide bonds. The summed E-state index contributed by atoms with van der Waals surface area (Å²) in [6.07, 6.45) is 10.2. The first-order valence-electron chi connectivity index (χ1n) is 11.0. The second-order valence-corrected chi connectivity index (χ2v) is 8.56. The zero-order valence-electron chi connectivity index (χ0n) is 18.9. The Morgan fingerprint density at radius 3 is 2.66 bits per heavy atom. The van der Waals surface area contributed by atoms with Crippen molar-refractivity contribution in [3.8, 4) is 5.69 Å². The van der Waals surface area contributed by atoms with Crippen molar-refractivity contribution in [3.05, 3.63) is 102 Å². The van der Waals surface area contributed by atoms with Crippen molar-refractivity contribution in [2.45, 2.75) is 45.6 Å². The highest BCUT2D eigenvalue weighted by atomic mass is 19.1. The monoisotopic (exact) mass is 428 g/mol. The summed E-state index contributed by atoms with van der Waals surface area (Å²) in [5.41, 5.74) is 5.86. The minimum absolute atomic E-state index is 0.253. The highest BCUT2D eigenvalue weighted by Crippen LogP contribution is 2.43. The van der Waals surface area contributed by atoms with E-state index in [2.05, 4.69) is 43.6 Å². The van der Waals surface area contributed by atoms with E-state index in [1.807, 2.05) is 53.2 Å². The number of likely N-dealkylation sites (tertiary alicyclic amines) is 1. The minimum Gasteiger partial charge on any atom is -0.321 e. The number of hydrogen-bond donors (Lipinski definition) is 1. The Labute approximate surface area is 189 Å². The summed E-state index contributed by atoms with van der Waals surface area (Å²) in [4.78, 5) is 6.30. The van der Waals surface area contributed by atoms with Crippen LogP contribution >= 0.6 is 0 Å². The van der Waals surface area contributed by atoms with Crippen LogP contribution < -0.4 is 0 Å². The number of halogens is 1. The number of allylic oxidation sites excluding steroid dienone is 1. The van der Waals surface area contributed by atoms with E-state index in [0.717, 1.165) is 47.5 Å². The molecule has 0 radical (unpaired) electrons. The van der Waals surface area contributed by atoms with Crippen LogP contribution in [0.15, 0.2) is 73.3 Å². The summed E-state index contributed by atoms with van der Waals surface area (Å²) in [6, 6.07) is 12.9. The van der Waals surface area contributed by atoms with Crippen molar-refractivity contribution >= 4 is 11.9 Å². The molecule has 1 aromatic heterocycles. The standard InChI is InChI=1S/C27H29FN4/c1-5-22-16-21(6-12-25(22)31-17-19(2)30-18-31)7-13-26(29)32-20(3)14-15-27(32,4)23-8-10-24(28)11-9-23/h6-13,16-18,29H,3,5,14-15H2,1-2,4H3/b13-7+,29-26?. The number of nitrogens with zero attached hydrogens (tertiary/aromatic N) is 3. The van der Waals surface area contributed by atoms with Gasteiger partial charge in [0.15, 0.2) is 0 Å². The zero-order chi connectivity index (χ0) is 22.9. The molecule has 4 nitrogen and oxygen atoms in total. The highest BCUT2D eigenvalue weighted by molar-refractivity contribution is 5.96. The molecule has 0 bridgehead atoms. The molecule has 1 atom stereocenters. The Morgan fingerprint density at radius 2 is 2.00 bits per heavy atom. The molecule has 2 aromatic carbocycles. The predicted octanol–water partition coefficient (Wildman–Crippen LogP) is 6.40. The van der Waals surface area contributed by atoms with Gasteiger partial charge >= 0.3 is 0 Å². The molecule has 0 spiro atoms. The number of aromatic nitrogens is 2. The van der Waals surface area contributed by atoms with Crippen LogP contribution in [0.2, 0.25) is 0 Å². The summed E-state index contributed by atoms with van der Waals surface area (Å²) >= 11 is 0. The number of amidine groups is 1. The molecule has 1 fully saturated rings. The zero-order valence-corrected chi connectivity index (χ0v) is 18.9. The number of rotatable bonds is 5. The largest absolute Gasteiger partial charge is 0.321 e. The first-order chi connectivity index (χ1) is 15.3. The van der Waals surface area contributed by atoms with Crippen LogP contribution in [-0.4, -0.2) is 20.3 Å². The van der Waals surface area contributed by atoms with Gasteiger partial charge in [0.05, 0.1) is 17.6 Å². The Kier molecular flexibility index (Phi) is 5.83. The minimum atomic E-state index is -0.413. The lowest BCUT2D eigenvalue weighted by molar-refractivity contribution is 0.285. The maximum absolute atomic E-state index is 13.4. The maximum atomic E-state index is 13.4. The van der Waals surface area contributed by atoms with Crippen LogP contribution in [0, 0.1) is 18.2 Å². The summed E-state index contributed by atoms with van der Waals surface area (Å²) < 4.78 is 15.5. The lowest BCUT2D eigenvalue weighted by Crippen LogP contribution is -2.40. The first kappa shape index (κ1) is 21.8. The van der Waals surface area contributed by atoms with E-state index in [1.54, 1.807) is 0 Å². The second-order valence-electron chi connectivity index (χ2n) is 8.56. The molecule has 1 N–H and O–H groups in total. The van der Waals surface area contributed by atoms with Crippen LogP contribution in [0.1, 0.15) is 49.1 Å². The van der Waals surface area contributed by atoms with Crippen LogP contribution in [-0.2, 0) is 12.0 Å². The van der Waals surface area contributed by atoms with Gasteiger partial charge in [-0.15, -0.1) is 0 Å². The van der Waals surface area contributed by atoms with Crippen molar-refractivity contribution in [2.75, 3.05) is 0 Å². The van der Waals surface area contributed by atoms with E-state index in [4.69, 9.17) is 5.41 Å². The third-order valence-electron chi connectivity index (χ3n) is 6.33. The van der Waals surface area contributed by atoms with E-state index < -0.39 is 5.54 Å². The first-order valence-corrected chi connectivity index (χ1v) is 11.0. The van der Waals surface area contributed by atoms with Gasteiger partial charge in [-0.3, -0.25) is 5.41 Å². The topological polar surface area (TPSA) is 44.9 Å². The van der Waals surface area contributed by atoms with Gasteiger partial charge in [-0.2, -0.15) is 0 Å². The van der Waals surface area contributed by atoms with Crippen LogP contribution in [0.4, 0.5) is 4.39 Å². The number of benzene rings is 2. The van der Waals surface area contributed by atoms with E-state index >= 15 is 0 Å². The fourth-order valence-electron chi connectivity index (χ4n) is 4.53. The van der Waals surface area contributed by atoms with Crippen LogP contribution in [0.5, 0.6) is 0 Å². The molecular formula is C27H29FN4. The Bertz CT molecular complexity index is 1190. The SMILES string of the molecule is C=C1CCC(C)(c2ccc(F)cc2)N1C(=N)/C=C/c1ccc(-n2cnc(C)c2)c(CC)c1. The predicted molar refractivity (Wildman–Crippen MR) is 128 cm³/mol. The lowest BCUT2D eigenvalue weighted by atomic mass is 9.89. The van der Waals surface area contributed by atoms with Crippen molar-refractivity contribution < 1.29 is 4.39 Å². The molecule has 2 heterocycles. The molecular weight excluding hydrogens is 399 g/mol. The average molecular weight is 429 g/mol. The number of hydrogen-bond acceptors (Lipinski definition) is 2. The Morgan fingerprint density at radius 1 is 1.25 bits per heavy atom. The molecule has 32 heavy (non-hydrogen) atoms. The third-order valence-corrected chi connectivity index (χ3v) is 6.33. The fourth-order valence-corrected chi connectivity index (χ4v) is 4.53. The summed E-state index contributed by atoms with van der Waals surface area (Å²) in [5.74, 6) is 0.128. The van der Waals surface area contributed by atoms with Crippen molar-refractivity contribution in [3.63, 3.8) is 0 Å². The normalized spacial score (nSPS) is 18.6. The molecule has 0 aliphatic carbocycles. The Balaban J connectivity index is 1.59. The van der Waals surface area contributed by atoms with Crippen LogP contribution in [0.25, 0.3) is 11.8 Å². The highest BCUT2D eigenvalue weighted by Gasteiger charge is 2.41. The molecule has 3 aromatic rings. The lowest BCUT2D eigenvalue weighted by Gasteiger charge is -2.37. The molecule has 1 aliphatic heterocycles. The molecule has 164 valence electrons. The van der Waals surface area contributed by atoms with E-state index in [-0.39, 0.29) is 5.82 Å². The van der Waals surface area contributed by atoms with Gasteiger partial charge in [-0.25, -0.2) is 9.37 Å². The van der Waals surface area contributed by atoms with E-state index in [0.29, 0.717) is 5.84 Å². The van der Waals surface area contributed by atoms with Crippen molar-refractivity contribution in [2.24, 2.45) is 0 Å². The average Bonchev–Trinajstić information content (AvgIpc) is 3.35. The molecule has 4 rings (SSSR count). The van der Waals surface area contributed by atoms with Gasteiger partial charge in [-0.05, 0) is 80.1 Å². The summed E-state index contributed by atoms with van der Waals surface area (Å²) in [7, 11) is 0. The number of aryl methyl sites for hydroxylation is 2. The van der Waals surface area contributed by atoms with Crippen molar-refractivity contribution in [1.82, 2.24) is 14.5 Å². The number of imidazole rings is 1. The second kappa shape index (κ2) is 8.58. The summed E-state index contributed by atoms with van der Waals surface area (Å²) in [6.45, 7) is 10.4. The number of nitrogens with one attached hydrogen (secondary N) is 1. The van der Waals surface area contributed by atoms with Gasteiger partial charge in [-0.1, -0.05) is 37.8 Å². The quantitative estimate of drug-likeness (QED) is 0.378. The van der Waals surface area contributed by atoms with E-state index in [9.17, 15) is 4.39 Å². The van der Waals surface area contributed by atoms with E-state index in [1.165, 1.54) is 17.7 Å². The van der Waals surface area contributed by atoms with Gasteiger partial charge in [0, 0.05) is 17.6 Å². The van der Waals surface area contributed by atoms with Gasteiger partial charge in [0.1, 0.15) is 11.7 Å². The molecule has 1 aliphatic rings. The molecule has 1 unspecified atom stereocenters. The maximum Gasteiger partial charge on any atom is 0.125 e. The molecule has 0 saturated carbocycles. The third kappa shape index (κ3) is 4.03. The smallest absolute Gasteiger partial charge is 0.125 e. The fraction of sp³-hybridized carbons (Fsp3) is 0.259. The van der Waals surface area contributed by atoms with Gasteiger partial charge in [0.2, 0.25) is 0 Å². The Hall–Kier alpha value is -3.47. The van der Waals surface area contributed by atoms with Crippen molar-refractivity contribution in [1.29, 1.82) is 5.41 Å². The molecule has 5 heteroatoms.